The first-order valence-electron chi connectivity index (χ1n) is 10.3. The highest BCUT2D eigenvalue weighted by molar-refractivity contribution is 5.51. The molecule has 5 nitrogen and oxygen atoms in total. The number of benzene rings is 2. The molecule has 1 unspecified atom stereocenters. The summed E-state index contributed by atoms with van der Waals surface area (Å²) in [7, 11) is 3.31. The van der Waals surface area contributed by atoms with Crippen molar-refractivity contribution in [3.8, 4) is 17.2 Å². The van der Waals surface area contributed by atoms with Gasteiger partial charge in [0, 0.05) is 44.5 Å². The molecule has 6 heteroatoms. The predicted molar refractivity (Wildman–Crippen MR) is 112 cm³/mol. The van der Waals surface area contributed by atoms with E-state index in [4.69, 9.17) is 14.2 Å². The Kier molecular flexibility index (Phi) is 6.09. The number of ether oxygens (including phenoxy) is 3. The number of methoxy groups -OCH3 is 2. The third kappa shape index (κ3) is 4.58. The van der Waals surface area contributed by atoms with Gasteiger partial charge in [0.05, 0.1) is 14.2 Å². The van der Waals surface area contributed by atoms with Crippen molar-refractivity contribution in [1.29, 1.82) is 0 Å². The van der Waals surface area contributed by atoms with Gasteiger partial charge in [0.15, 0.2) is 11.5 Å². The zero-order chi connectivity index (χ0) is 20.2. The Morgan fingerprint density at radius 1 is 1.00 bits per heavy atom. The number of rotatable bonds is 5. The van der Waals surface area contributed by atoms with Crippen LogP contribution in [0.15, 0.2) is 36.4 Å². The first-order valence-corrected chi connectivity index (χ1v) is 10.3. The fourth-order valence-corrected chi connectivity index (χ4v) is 4.22. The Morgan fingerprint density at radius 3 is 2.38 bits per heavy atom. The summed E-state index contributed by atoms with van der Waals surface area (Å²) in [5.41, 5.74) is 2.28. The van der Waals surface area contributed by atoms with Crippen LogP contribution in [-0.2, 0) is 6.42 Å². The van der Waals surface area contributed by atoms with Gasteiger partial charge in [0.2, 0.25) is 0 Å². The van der Waals surface area contributed by atoms with Crippen molar-refractivity contribution in [3.05, 3.63) is 47.8 Å². The molecule has 1 atom stereocenters. The summed E-state index contributed by atoms with van der Waals surface area (Å²) in [6, 6.07) is 10.8. The van der Waals surface area contributed by atoms with E-state index in [9.17, 15) is 4.39 Å². The number of halogens is 1. The number of anilines is 1. The number of aryl methyl sites for hydroxylation is 1. The van der Waals surface area contributed by atoms with Gasteiger partial charge in [0.1, 0.15) is 17.7 Å². The maximum atomic E-state index is 13.1. The van der Waals surface area contributed by atoms with E-state index >= 15 is 0 Å². The summed E-state index contributed by atoms with van der Waals surface area (Å²) in [6.45, 7) is 4.77. The molecule has 2 aliphatic rings. The Balaban J connectivity index is 1.36. The molecule has 2 aromatic rings. The minimum atomic E-state index is -0.188. The van der Waals surface area contributed by atoms with Gasteiger partial charge in [-0.05, 0) is 55.2 Å². The summed E-state index contributed by atoms with van der Waals surface area (Å²) in [5, 5.41) is 0. The van der Waals surface area contributed by atoms with E-state index in [0.29, 0.717) is 5.75 Å². The zero-order valence-corrected chi connectivity index (χ0v) is 17.2. The van der Waals surface area contributed by atoms with E-state index < -0.39 is 0 Å². The van der Waals surface area contributed by atoms with E-state index in [0.717, 1.165) is 69.2 Å². The normalized spacial score (nSPS) is 19.8. The quantitative estimate of drug-likeness (QED) is 0.764. The summed E-state index contributed by atoms with van der Waals surface area (Å²) >= 11 is 0. The minimum Gasteiger partial charge on any atom is -0.493 e. The Labute approximate surface area is 172 Å². The number of piperazine rings is 1. The molecule has 0 spiro atoms. The average molecular weight is 400 g/mol. The van der Waals surface area contributed by atoms with Crippen LogP contribution in [0.3, 0.4) is 0 Å². The first-order chi connectivity index (χ1) is 14.2. The molecular formula is C23H29FN2O3. The molecule has 1 fully saturated rings. The lowest BCUT2D eigenvalue weighted by Crippen LogP contribution is -2.49. The second-order valence-corrected chi connectivity index (χ2v) is 7.71. The van der Waals surface area contributed by atoms with E-state index in [1.165, 1.54) is 17.7 Å². The van der Waals surface area contributed by atoms with Crippen LogP contribution in [0.2, 0.25) is 0 Å². The van der Waals surface area contributed by atoms with E-state index in [1.54, 1.807) is 14.2 Å². The molecule has 0 bridgehead atoms. The highest BCUT2D eigenvalue weighted by atomic mass is 19.1. The van der Waals surface area contributed by atoms with Gasteiger partial charge in [-0.15, -0.1) is 0 Å². The summed E-state index contributed by atoms with van der Waals surface area (Å²) in [4.78, 5) is 4.78. The average Bonchev–Trinajstić information content (AvgIpc) is 2.95. The molecule has 0 aromatic heterocycles. The topological polar surface area (TPSA) is 34.2 Å². The summed E-state index contributed by atoms with van der Waals surface area (Å²) in [6.07, 6.45) is 3.30. The third-order valence-corrected chi connectivity index (χ3v) is 5.86. The van der Waals surface area contributed by atoms with Gasteiger partial charge < -0.3 is 19.1 Å². The molecule has 2 heterocycles. The molecule has 0 N–H and O–H groups in total. The predicted octanol–water partition coefficient (Wildman–Crippen LogP) is 3.75. The fourth-order valence-electron chi connectivity index (χ4n) is 4.22. The maximum Gasteiger partial charge on any atom is 0.164 e. The van der Waals surface area contributed by atoms with Crippen LogP contribution in [0.5, 0.6) is 17.2 Å². The van der Waals surface area contributed by atoms with Crippen molar-refractivity contribution in [1.82, 2.24) is 4.90 Å². The monoisotopic (exact) mass is 400 g/mol. The Hall–Kier alpha value is -2.47. The molecule has 0 saturated carbocycles. The van der Waals surface area contributed by atoms with Crippen LogP contribution in [0.1, 0.15) is 18.4 Å². The first kappa shape index (κ1) is 19.8. The molecule has 2 aromatic carbocycles. The molecular weight excluding hydrogens is 371 g/mol. The fraction of sp³-hybridized carbons (Fsp3) is 0.478. The van der Waals surface area contributed by atoms with Crippen molar-refractivity contribution in [2.45, 2.75) is 25.4 Å². The largest absolute Gasteiger partial charge is 0.493 e. The van der Waals surface area contributed by atoms with Gasteiger partial charge in [-0.1, -0.05) is 0 Å². The summed E-state index contributed by atoms with van der Waals surface area (Å²) < 4.78 is 30.4. The lowest BCUT2D eigenvalue weighted by Gasteiger charge is -2.37. The van der Waals surface area contributed by atoms with Crippen molar-refractivity contribution >= 4 is 5.69 Å². The van der Waals surface area contributed by atoms with Crippen LogP contribution in [0.4, 0.5) is 10.1 Å². The number of hydrogen-bond donors (Lipinski definition) is 0. The van der Waals surface area contributed by atoms with E-state index in [-0.39, 0.29) is 11.9 Å². The van der Waals surface area contributed by atoms with Crippen LogP contribution >= 0.6 is 0 Å². The van der Waals surface area contributed by atoms with Crippen LogP contribution < -0.4 is 19.1 Å². The van der Waals surface area contributed by atoms with Crippen molar-refractivity contribution in [2.24, 2.45) is 0 Å². The van der Waals surface area contributed by atoms with Crippen LogP contribution in [0.25, 0.3) is 0 Å². The van der Waals surface area contributed by atoms with E-state index in [1.807, 2.05) is 24.3 Å². The van der Waals surface area contributed by atoms with Crippen molar-refractivity contribution in [2.75, 3.05) is 51.8 Å². The second-order valence-electron chi connectivity index (χ2n) is 7.71. The van der Waals surface area contributed by atoms with Gasteiger partial charge in [-0.2, -0.15) is 0 Å². The molecule has 0 amide bonds. The molecule has 2 aliphatic heterocycles. The van der Waals surface area contributed by atoms with Crippen molar-refractivity contribution in [3.63, 3.8) is 0 Å². The third-order valence-electron chi connectivity index (χ3n) is 5.86. The molecule has 156 valence electrons. The SMILES string of the molecule is COc1cc2c(cc1OC)OC(CN1CCN(c3ccc(F)cc3)CC1)CCC2. The van der Waals surface area contributed by atoms with Crippen LogP contribution in [0, 0.1) is 5.82 Å². The summed E-state index contributed by atoms with van der Waals surface area (Å²) in [5.74, 6) is 2.19. The number of hydrogen-bond acceptors (Lipinski definition) is 5. The Morgan fingerprint density at radius 2 is 1.69 bits per heavy atom. The standard InChI is InChI=1S/C23H29FN2O3/c1-27-22-14-17-4-3-5-20(29-21(17)15-23(22)28-2)16-25-10-12-26(13-11-25)19-8-6-18(24)7-9-19/h6-9,14-15,20H,3-5,10-13,16H2,1-2H3. The lowest BCUT2D eigenvalue weighted by atomic mass is 10.1. The lowest BCUT2D eigenvalue weighted by molar-refractivity contribution is 0.123. The van der Waals surface area contributed by atoms with Gasteiger partial charge >= 0.3 is 0 Å². The minimum absolute atomic E-state index is 0.173. The highest BCUT2D eigenvalue weighted by Crippen LogP contribution is 2.37. The molecule has 4 rings (SSSR count). The molecule has 29 heavy (non-hydrogen) atoms. The highest BCUT2D eigenvalue weighted by Gasteiger charge is 2.25. The number of fused-ring (bicyclic) bond motifs is 1. The smallest absolute Gasteiger partial charge is 0.164 e. The molecule has 1 saturated heterocycles. The van der Waals surface area contributed by atoms with Gasteiger partial charge in [-0.3, -0.25) is 4.90 Å². The van der Waals surface area contributed by atoms with Crippen LogP contribution in [-0.4, -0.2) is 57.9 Å². The maximum absolute atomic E-state index is 13.1. The second kappa shape index (κ2) is 8.91. The zero-order valence-electron chi connectivity index (χ0n) is 17.2. The number of nitrogens with zero attached hydrogens (tertiary/aromatic N) is 2. The molecule has 0 radical (unpaired) electrons. The van der Waals surface area contributed by atoms with Gasteiger partial charge in [-0.25, -0.2) is 4.39 Å². The Bertz CT molecular complexity index is 820. The van der Waals surface area contributed by atoms with Crippen molar-refractivity contribution < 1.29 is 18.6 Å². The van der Waals surface area contributed by atoms with Gasteiger partial charge in [0.25, 0.3) is 0 Å². The van der Waals surface area contributed by atoms with E-state index in [2.05, 4.69) is 9.80 Å². The molecule has 0 aliphatic carbocycles.